The number of pyridine rings is 2. The van der Waals surface area contributed by atoms with E-state index in [0.29, 0.717) is 54.7 Å². The first-order chi connectivity index (χ1) is 15.8. The van der Waals surface area contributed by atoms with Crippen LogP contribution in [-0.2, 0) is 10.0 Å². The normalized spacial score (nSPS) is 15.3. The number of anilines is 1. The van der Waals surface area contributed by atoms with Gasteiger partial charge in [-0.3, -0.25) is 9.55 Å². The van der Waals surface area contributed by atoms with E-state index in [0.717, 1.165) is 6.07 Å². The summed E-state index contributed by atoms with van der Waals surface area (Å²) in [4.78, 5) is 15.4. The van der Waals surface area contributed by atoms with Gasteiger partial charge in [-0.25, -0.2) is 27.2 Å². The van der Waals surface area contributed by atoms with Crippen molar-refractivity contribution in [3.63, 3.8) is 0 Å². The minimum atomic E-state index is -3.24. The molecule has 1 fully saturated rings. The molecule has 8 nitrogen and oxygen atoms in total. The molecule has 0 amide bonds. The van der Waals surface area contributed by atoms with Gasteiger partial charge in [0.1, 0.15) is 28.8 Å². The van der Waals surface area contributed by atoms with Gasteiger partial charge >= 0.3 is 0 Å². The maximum atomic E-state index is 14.7. The number of fused-ring (bicyclic) bond motifs is 1. The molecule has 4 heterocycles. The largest absolute Gasteiger partial charge is 0.354 e. The monoisotopic (exact) mass is 470 g/mol. The van der Waals surface area contributed by atoms with Gasteiger partial charge in [-0.15, -0.1) is 0 Å². The minimum Gasteiger partial charge on any atom is -0.354 e. The minimum absolute atomic E-state index is 0.148. The number of imidazole rings is 1. The third-order valence-corrected chi connectivity index (χ3v) is 6.92. The first-order valence-corrected chi connectivity index (χ1v) is 12.1. The summed E-state index contributed by atoms with van der Waals surface area (Å²) in [6.07, 6.45) is 4.43. The maximum Gasteiger partial charge on any atom is 0.211 e. The molecule has 0 N–H and O–H groups in total. The van der Waals surface area contributed by atoms with Crippen LogP contribution in [0.3, 0.4) is 0 Å². The summed E-state index contributed by atoms with van der Waals surface area (Å²) in [6, 6.07) is 10.5. The maximum absolute atomic E-state index is 14.7. The summed E-state index contributed by atoms with van der Waals surface area (Å²) in [7, 11) is -3.24. The van der Waals surface area contributed by atoms with E-state index in [9.17, 15) is 17.2 Å². The third-order valence-electron chi connectivity index (χ3n) is 5.61. The van der Waals surface area contributed by atoms with E-state index in [-0.39, 0.29) is 5.56 Å². The van der Waals surface area contributed by atoms with Gasteiger partial charge in [0, 0.05) is 44.6 Å². The standard InChI is InChI=1S/C22H20F2N6O2S/c1-33(31,32)29-12-10-28(11-13-29)20-5-4-19-22(27-20)30(16-6-8-25-9-7-16)21(26-19)17-3-2-15(23)14-18(17)24/h2-9,14H,10-13H2,1H3. The van der Waals surface area contributed by atoms with E-state index in [4.69, 9.17) is 4.98 Å². The highest BCUT2D eigenvalue weighted by Crippen LogP contribution is 2.31. The second-order valence-corrected chi connectivity index (χ2v) is 9.74. The van der Waals surface area contributed by atoms with Crippen LogP contribution in [0.25, 0.3) is 28.2 Å². The van der Waals surface area contributed by atoms with Gasteiger partial charge in [0.05, 0.1) is 17.5 Å². The van der Waals surface area contributed by atoms with Crippen molar-refractivity contribution in [3.05, 3.63) is 66.5 Å². The molecule has 0 unspecified atom stereocenters. The highest BCUT2D eigenvalue weighted by atomic mass is 32.2. The van der Waals surface area contributed by atoms with Crippen LogP contribution in [-0.4, -0.2) is 64.7 Å². The Balaban J connectivity index is 1.62. The fourth-order valence-corrected chi connectivity index (χ4v) is 4.79. The lowest BCUT2D eigenvalue weighted by atomic mass is 10.2. The number of halogens is 2. The second-order valence-electron chi connectivity index (χ2n) is 7.76. The molecule has 1 aliphatic rings. The van der Waals surface area contributed by atoms with Gasteiger partial charge in [0.25, 0.3) is 0 Å². The molecule has 0 bridgehead atoms. The number of piperazine rings is 1. The van der Waals surface area contributed by atoms with E-state index in [1.807, 2.05) is 11.0 Å². The number of aromatic nitrogens is 4. The first-order valence-electron chi connectivity index (χ1n) is 10.3. The Labute approximate surface area is 189 Å². The molecule has 5 rings (SSSR count). The van der Waals surface area contributed by atoms with Crippen molar-refractivity contribution in [1.82, 2.24) is 23.8 Å². The molecule has 33 heavy (non-hydrogen) atoms. The van der Waals surface area contributed by atoms with Crippen LogP contribution in [0.2, 0.25) is 0 Å². The van der Waals surface area contributed by atoms with Crippen molar-refractivity contribution < 1.29 is 17.2 Å². The third kappa shape index (κ3) is 4.05. The fourth-order valence-electron chi connectivity index (χ4n) is 3.96. The lowest BCUT2D eigenvalue weighted by molar-refractivity contribution is 0.387. The van der Waals surface area contributed by atoms with Crippen molar-refractivity contribution in [2.75, 3.05) is 37.3 Å². The summed E-state index contributed by atoms with van der Waals surface area (Å²) in [5.41, 5.74) is 1.87. The molecule has 1 aromatic carbocycles. The average molecular weight is 471 g/mol. The molecule has 0 aliphatic carbocycles. The molecular formula is C22H20F2N6O2S. The van der Waals surface area contributed by atoms with Crippen LogP contribution in [0.5, 0.6) is 0 Å². The average Bonchev–Trinajstić information content (AvgIpc) is 3.17. The molecule has 0 radical (unpaired) electrons. The highest BCUT2D eigenvalue weighted by molar-refractivity contribution is 7.88. The van der Waals surface area contributed by atoms with Gasteiger partial charge in [0.15, 0.2) is 5.65 Å². The van der Waals surface area contributed by atoms with Gasteiger partial charge in [0.2, 0.25) is 10.0 Å². The lowest BCUT2D eigenvalue weighted by Gasteiger charge is -2.33. The summed E-state index contributed by atoms with van der Waals surface area (Å²) in [6.45, 7) is 1.73. The van der Waals surface area contributed by atoms with Crippen LogP contribution < -0.4 is 4.90 Å². The summed E-state index contributed by atoms with van der Waals surface area (Å²) in [5, 5.41) is 0. The molecule has 0 spiro atoms. The number of hydrogen-bond acceptors (Lipinski definition) is 6. The number of hydrogen-bond donors (Lipinski definition) is 0. The topological polar surface area (TPSA) is 84.2 Å². The van der Waals surface area contributed by atoms with Crippen LogP contribution in [0.1, 0.15) is 0 Å². The molecule has 4 aromatic rings. The Kier molecular flexibility index (Phi) is 5.29. The molecule has 3 aromatic heterocycles. The van der Waals surface area contributed by atoms with Crippen molar-refractivity contribution >= 4 is 27.0 Å². The predicted molar refractivity (Wildman–Crippen MR) is 121 cm³/mol. The van der Waals surface area contributed by atoms with E-state index in [1.165, 1.54) is 22.7 Å². The van der Waals surface area contributed by atoms with Crippen molar-refractivity contribution in [2.24, 2.45) is 0 Å². The van der Waals surface area contributed by atoms with E-state index in [2.05, 4.69) is 9.97 Å². The Morgan fingerprint density at radius 3 is 2.30 bits per heavy atom. The quantitative estimate of drug-likeness (QED) is 0.456. The number of rotatable bonds is 4. The van der Waals surface area contributed by atoms with Crippen LogP contribution in [0.15, 0.2) is 54.9 Å². The predicted octanol–water partition coefficient (Wildman–Crippen LogP) is 2.84. The summed E-state index contributed by atoms with van der Waals surface area (Å²) >= 11 is 0. The Hall–Kier alpha value is -3.44. The van der Waals surface area contributed by atoms with Crippen molar-refractivity contribution in [3.8, 4) is 17.1 Å². The molecule has 170 valence electrons. The molecule has 1 aliphatic heterocycles. The zero-order valence-electron chi connectivity index (χ0n) is 17.7. The Morgan fingerprint density at radius 1 is 0.909 bits per heavy atom. The molecule has 1 saturated heterocycles. The van der Waals surface area contributed by atoms with Crippen molar-refractivity contribution in [2.45, 2.75) is 0 Å². The van der Waals surface area contributed by atoms with Crippen LogP contribution in [0.4, 0.5) is 14.6 Å². The number of sulfonamides is 1. The lowest BCUT2D eigenvalue weighted by Crippen LogP contribution is -2.48. The zero-order valence-corrected chi connectivity index (χ0v) is 18.5. The van der Waals surface area contributed by atoms with Crippen LogP contribution >= 0.6 is 0 Å². The molecular weight excluding hydrogens is 450 g/mol. The second kappa shape index (κ2) is 8.16. The first kappa shape index (κ1) is 21.4. The van der Waals surface area contributed by atoms with E-state index < -0.39 is 21.7 Å². The molecule has 0 saturated carbocycles. The van der Waals surface area contributed by atoms with Gasteiger partial charge in [-0.1, -0.05) is 0 Å². The number of benzene rings is 1. The fraction of sp³-hybridized carbons (Fsp3) is 0.227. The summed E-state index contributed by atoms with van der Waals surface area (Å²) < 4.78 is 55.0. The van der Waals surface area contributed by atoms with Gasteiger partial charge < -0.3 is 4.90 Å². The van der Waals surface area contributed by atoms with Gasteiger partial charge in [-0.2, -0.15) is 4.31 Å². The van der Waals surface area contributed by atoms with Crippen molar-refractivity contribution in [1.29, 1.82) is 0 Å². The Bertz CT molecular complexity index is 1430. The highest BCUT2D eigenvalue weighted by Gasteiger charge is 2.25. The smallest absolute Gasteiger partial charge is 0.211 e. The number of nitrogens with zero attached hydrogens (tertiary/aromatic N) is 6. The SMILES string of the molecule is CS(=O)(=O)N1CCN(c2ccc3nc(-c4ccc(F)cc4F)n(-c4ccncc4)c3n2)CC1. The zero-order chi connectivity index (χ0) is 23.2. The molecule has 0 atom stereocenters. The van der Waals surface area contributed by atoms with E-state index >= 15 is 0 Å². The molecule has 11 heteroatoms. The summed E-state index contributed by atoms with van der Waals surface area (Å²) in [5.74, 6) is -0.438. The Morgan fingerprint density at radius 2 is 1.64 bits per heavy atom. The van der Waals surface area contributed by atoms with E-state index in [1.54, 1.807) is 35.2 Å². The van der Waals surface area contributed by atoms with Crippen LogP contribution in [0, 0.1) is 11.6 Å². The van der Waals surface area contributed by atoms with Gasteiger partial charge in [-0.05, 0) is 36.4 Å².